The first-order valence-electron chi connectivity index (χ1n) is 10.4. The summed E-state index contributed by atoms with van der Waals surface area (Å²) in [5, 5.41) is 3.24. The smallest absolute Gasteiger partial charge is 0.343 e. The zero-order chi connectivity index (χ0) is 25.5. The van der Waals surface area contributed by atoms with Crippen molar-refractivity contribution in [3.63, 3.8) is 0 Å². The summed E-state index contributed by atoms with van der Waals surface area (Å²) in [6.07, 6.45) is 5.45. The van der Waals surface area contributed by atoms with Crippen molar-refractivity contribution in [2.45, 2.75) is 20.3 Å². The molecule has 1 aliphatic rings. The van der Waals surface area contributed by atoms with Crippen LogP contribution < -0.4 is 0 Å². The van der Waals surface area contributed by atoms with Crippen LogP contribution in [-0.4, -0.2) is 35.1 Å². The normalized spacial score (nSPS) is 11.4. The van der Waals surface area contributed by atoms with E-state index in [0.29, 0.717) is 17.9 Å². The van der Waals surface area contributed by atoms with E-state index in [1.54, 1.807) is 35.5 Å². The molecule has 0 aliphatic heterocycles. The second-order valence-electron chi connectivity index (χ2n) is 6.64. The van der Waals surface area contributed by atoms with Crippen LogP contribution in [0.3, 0.4) is 0 Å². The van der Waals surface area contributed by atoms with Gasteiger partial charge in [-0.2, -0.15) is 0 Å². The highest BCUT2D eigenvalue weighted by Crippen LogP contribution is 2.27. The van der Waals surface area contributed by atoms with Crippen LogP contribution in [-0.2, 0) is 25.5 Å². The number of aromatic nitrogens is 2. The number of hydrogen-bond acceptors (Lipinski definition) is 9. The number of hydrogen-bond donors (Lipinski definition) is 0. The third-order valence-corrected chi connectivity index (χ3v) is 5.68. The molecule has 0 radical (unpaired) electrons. The fourth-order valence-corrected chi connectivity index (χ4v) is 3.89. The van der Waals surface area contributed by atoms with Crippen molar-refractivity contribution in [3.05, 3.63) is 97.2 Å². The van der Waals surface area contributed by atoms with Crippen LogP contribution >= 0.6 is 22.7 Å². The minimum atomic E-state index is -0.698. The van der Waals surface area contributed by atoms with Gasteiger partial charge in [0, 0.05) is 28.0 Å². The maximum absolute atomic E-state index is 11.3. The van der Waals surface area contributed by atoms with Crippen molar-refractivity contribution in [1.29, 1.82) is 0 Å². The van der Waals surface area contributed by atoms with Crippen molar-refractivity contribution in [3.8, 4) is 0 Å². The van der Waals surface area contributed by atoms with Gasteiger partial charge in [-0.25, -0.2) is 14.6 Å². The summed E-state index contributed by atoms with van der Waals surface area (Å²) in [7, 11) is 0. The topological polar surface area (TPSA) is 127 Å². The van der Waals surface area contributed by atoms with Crippen LogP contribution in [0.2, 0.25) is 0 Å². The van der Waals surface area contributed by atoms with Gasteiger partial charge in [-0.3, -0.25) is 4.98 Å². The Morgan fingerprint density at radius 3 is 2.54 bits per heavy atom. The third kappa shape index (κ3) is 9.46. The summed E-state index contributed by atoms with van der Waals surface area (Å²) < 4.78 is 9.50. The molecule has 0 saturated heterocycles. The second kappa shape index (κ2) is 15.1. The van der Waals surface area contributed by atoms with Gasteiger partial charge in [0.25, 0.3) is 0 Å². The fourth-order valence-electron chi connectivity index (χ4n) is 2.58. The molecule has 11 heteroatoms. The number of rotatable bonds is 6. The molecule has 1 aromatic carbocycles. The molecule has 3 aromatic rings. The van der Waals surface area contributed by atoms with E-state index in [-0.39, 0.29) is 18.3 Å². The lowest BCUT2D eigenvalue weighted by Crippen LogP contribution is -2.07. The first kappa shape index (κ1) is 27.3. The Morgan fingerprint density at radius 1 is 1.23 bits per heavy atom. The molecule has 0 fully saturated rings. The van der Waals surface area contributed by atoms with Crippen molar-refractivity contribution >= 4 is 46.8 Å². The molecule has 0 amide bonds. The van der Waals surface area contributed by atoms with Gasteiger partial charge >= 0.3 is 11.9 Å². The van der Waals surface area contributed by atoms with Gasteiger partial charge < -0.3 is 9.47 Å². The number of carbonyl (C=O) groups is 2. The zero-order valence-electron chi connectivity index (χ0n) is 19.3. The largest absolute Gasteiger partial charge is 0.463 e. The van der Waals surface area contributed by atoms with Gasteiger partial charge in [0.1, 0.15) is 12.6 Å². The standard InChI is InChI=1S/C9H9NO2S.C8H7N4O2S.C7H8/c1-2-12-9(11)6-3-7-8(4-6)13-5-10-7;1-2-14-8(13)7(11-12-9)3-6-4-10-5-15-6;1-7-5-3-2-4-6-7/h4-5H,2-3H2,1H3;3-5H,1-2H2;2-6H,1H3/q;+1;/b;7-3-;. The first-order valence-corrected chi connectivity index (χ1v) is 12.2. The lowest BCUT2D eigenvalue weighted by molar-refractivity contribution is -0.139. The van der Waals surface area contributed by atoms with E-state index in [9.17, 15) is 9.59 Å². The number of esters is 2. The molecule has 1 aliphatic carbocycles. The second-order valence-corrected chi connectivity index (χ2v) is 8.45. The van der Waals surface area contributed by atoms with Crippen LogP contribution in [0.1, 0.15) is 27.9 Å². The average Bonchev–Trinajstić information content (AvgIpc) is 3.59. The maximum atomic E-state index is 11.3. The van der Waals surface area contributed by atoms with Gasteiger partial charge in [0.05, 0.1) is 28.2 Å². The Morgan fingerprint density at radius 2 is 2.00 bits per heavy atom. The van der Waals surface area contributed by atoms with Gasteiger partial charge in [-0.05, 0) is 31.5 Å². The van der Waals surface area contributed by atoms with Gasteiger partial charge in [0.15, 0.2) is 0 Å². The Kier molecular flexibility index (Phi) is 11.8. The highest BCUT2D eigenvalue weighted by atomic mass is 32.1. The van der Waals surface area contributed by atoms with E-state index >= 15 is 0 Å². The molecule has 2 heterocycles. The predicted octanol–water partition coefficient (Wildman–Crippen LogP) is 5.81. The highest BCUT2D eigenvalue weighted by molar-refractivity contribution is 7.11. The van der Waals surface area contributed by atoms with E-state index in [2.05, 4.69) is 50.7 Å². The molecule has 35 heavy (non-hydrogen) atoms. The molecule has 0 N–H and O–H groups in total. The number of ether oxygens (including phenoxy) is 2. The highest BCUT2D eigenvalue weighted by Gasteiger charge is 2.21. The molecule has 4 rings (SSSR count). The molecule has 9 nitrogen and oxygen atoms in total. The van der Waals surface area contributed by atoms with Gasteiger partial charge in [-0.1, -0.05) is 41.0 Å². The SMILES string of the molecule is CCOC(=O)C1=Cc2scnc2C1.Cc1ccccc1.[CH2+]COC(=O)/C(=C/c1cncs1)N=[N+]=[N-]. The number of benzene rings is 1. The number of carbonyl (C=O) groups excluding carboxylic acids is 2. The quantitative estimate of drug-likeness (QED) is 0.103. The van der Waals surface area contributed by atoms with Crippen LogP contribution in [0, 0.1) is 13.8 Å². The fraction of sp³-hybridized carbons (Fsp3) is 0.208. The molecular weight excluding hydrogens is 486 g/mol. The lowest BCUT2D eigenvalue weighted by Gasteiger charge is -2.00. The summed E-state index contributed by atoms with van der Waals surface area (Å²) in [5.41, 5.74) is 14.6. The number of nitrogens with zero attached hydrogens (tertiary/aromatic N) is 5. The van der Waals surface area contributed by atoms with Crippen LogP contribution in [0.15, 0.2) is 63.9 Å². The van der Waals surface area contributed by atoms with Crippen LogP contribution in [0.4, 0.5) is 0 Å². The molecular formula is C24H24N5O4S2+. The van der Waals surface area contributed by atoms with E-state index in [4.69, 9.17) is 10.3 Å². The van der Waals surface area contributed by atoms with Crippen molar-refractivity contribution in [2.24, 2.45) is 5.11 Å². The zero-order valence-corrected chi connectivity index (χ0v) is 20.9. The minimum absolute atomic E-state index is 0.0141. The van der Waals surface area contributed by atoms with E-state index in [0.717, 1.165) is 16.1 Å². The summed E-state index contributed by atoms with van der Waals surface area (Å²) in [4.78, 5) is 34.8. The minimum Gasteiger partial charge on any atom is -0.463 e. The third-order valence-electron chi connectivity index (χ3n) is 4.14. The molecule has 0 bridgehead atoms. The number of azide groups is 1. The maximum Gasteiger partial charge on any atom is 0.343 e. The van der Waals surface area contributed by atoms with E-state index < -0.39 is 5.97 Å². The number of thiazole rings is 2. The molecule has 0 spiro atoms. The molecule has 0 atom stereocenters. The van der Waals surface area contributed by atoms with E-state index in [1.165, 1.54) is 23.0 Å². The van der Waals surface area contributed by atoms with Crippen molar-refractivity contribution in [1.82, 2.24) is 9.97 Å². The molecule has 180 valence electrons. The summed E-state index contributed by atoms with van der Waals surface area (Å²) >= 11 is 2.87. The molecule has 0 unspecified atom stereocenters. The summed E-state index contributed by atoms with van der Waals surface area (Å²) in [6, 6.07) is 10.3. The Balaban J connectivity index is 0.000000196. The average molecular weight is 511 g/mol. The number of fused-ring (bicyclic) bond motifs is 1. The van der Waals surface area contributed by atoms with Gasteiger partial charge in [0.2, 0.25) is 6.61 Å². The van der Waals surface area contributed by atoms with E-state index in [1.807, 2.05) is 24.3 Å². The predicted molar refractivity (Wildman–Crippen MR) is 137 cm³/mol. The van der Waals surface area contributed by atoms with Crippen molar-refractivity contribution in [2.75, 3.05) is 13.2 Å². The number of aryl methyl sites for hydroxylation is 1. The molecule has 0 saturated carbocycles. The Labute approximate surface area is 211 Å². The van der Waals surface area contributed by atoms with Gasteiger partial charge in [-0.15, -0.1) is 22.7 Å². The Hall–Kier alpha value is -3.92. The van der Waals surface area contributed by atoms with Crippen LogP contribution in [0.5, 0.6) is 0 Å². The van der Waals surface area contributed by atoms with Crippen molar-refractivity contribution < 1.29 is 19.1 Å². The molecule has 2 aromatic heterocycles. The monoisotopic (exact) mass is 510 g/mol. The Bertz CT molecular complexity index is 1200. The van der Waals surface area contributed by atoms with Crippen LogP contribution in [0.25, 0.3) is 22.6 Å². The summed E-state index contributed by atoms with van der Waals surface area (Å²) in [5.74, 6) is -0.913. The lowest BCUT2D eigenvalue weighted by atomic mass is 10.2. The summed E-state index contributed by atoms with van der Waals surface area (Å²) in [6.45, 7) is 7.65. The first-order chi connectivity index (χ1) is 17.0.